The maximum atomic E-state index is 12.4. The van der Waals surface area contributed by atoms with Crippen molar-refractivity contribution in [2.75, 3.05) is 12.4 Å². The Bertz CT molecular complexity index is 1120. The standard InChI is InChI=1S/C22H16N2O5/c1-28-20-5-3-2-4-18(20)24-21(25)16(13-23)12-17-10-11-19(29-17)14-6-8-15(9-7-14)22(26)27/h2-12H,1H3,(H,24,25)(H,26,27)/b16-12+. The van der Waals surface area contributed by atoms with Crippen molar-refractivity contribution in [3.63, 3.8) is 0 Å². The topological polar surface area (TPSA) is 113 Å². The second kappa shape index (κ2) is 8.59. The van der Waals surface area contributed by atoms with Gasteiger partial charge in [-0.2, -0.15) is 5.26 Å². The summed E-state index contributed by atoms with van der Waals surface area (Å²) in [5.74, 6) is -0.340. The summed E-state index contributed by atoms with van der Waals surface area (Å²) in [6, 6.07) is 18.2. The van der Waals surface area contributed by atoms with Crippen LogP contribution in [0.5, 0.6) is 5.75 Å². The average Bonchev–Trinajstić information content (AvgIpc) is 3.21. The van der Waals surface area contributed by atoms with E-state index in [2.05, 4.69) is 5.32 Å². The predicted molar refractivity (Wildman–Crippen MR) is 106 cm³/mol. The number of aromatic carboxylic acids is 1. The number of ether oxygens (including phenoxy) is 1. The zero-order valence-electron chi connectivity index (χ0n) is 15.4. The average molecular weight is 388 g/mol. The summed E-state index contributed by atoms with van der Waals surface area (Å²) in [6.07, 6.45) is 1.33. The van der Waals surface area contributed by atoms with Crippen molar-refractivity contribution in [2.24, 2.45) is 0 Å². The molecule has 0 unspecified atom stereocenters. The van der Waals surface area contributed by atoms with Crippen LogP contribution in [-0.4, -0.2) is 24.1 Å². The van der Waals surface area contributed by atoms with Crippen LogP contribution in [0.15, 0.2) is 70.7 Å². The number of para-hydroxylation sites is 2. The SMILES string of the molecule is COc1ccccc1NC(=O)/C(C#N)=C/c1ccc(-c2ccc(C(=O)O)cc2)o1. The van der Waals surface area contributed by atoms with E-state index in [9.17, 15) is 14.9 Å². The number of hydrogen-bond donors (Lipinski definition) is 2. The van der Waals surface area contributed by atoms with Crippen LogP contribution in [0.2, 0.25) is 0 Å². The van der Waals surface area contributed by atoms with E-state index in [0.717, 1.165) is 0 Å². The summed E-state index contributed by atoms with van der Waals surface area (Å²) in [5.41, 5.74) is 1.14. The fourth-order valence-electron chi connectivity index (χ4n) is 2.59. The number of amides is 1. The van der Waals surface area contributed by atoms with Crippen molar-refractivity contribution >= 4 is 23.6 Å². The van der Waals surface area contributed by atoms with Gasteiger partial charge in [-0.3, -0.25) is 4.79 Å². The maximum Gasteiger partial charge on any atom is 0.335 e. The normalized spacial score (nSPS) is 10.8. The molecular weight excluding hydrogens is 372 g/mol. The van der Waals surface area contributed by atoms with E-state index < -0.39 is 11.9 Å². The zero-order chi connectivity index (χ0) is 20.8. The molecule has 0 atom stereocenters. The summed E-state index contributed by atoms with van der Waals surface area (Å²) in [5, 5.41) is 21.0. The molecule has 0 fully saturated rings. The number of carboxylic acid groups (broad SMARTS) is 1. The van der Waals surface area contributed by atoms with Gasteiger partial charge in [-0.1, -0.05) is 24.3 Å². The van der Waals surface area contributed by atoms with E-state index >= 15 is 0 Å². The van der Waals surface area contributed by atoms with Gasteiger partial charge in [0.25, 0.3) is 5.91 Å². The molecule has 0 aliphatic carbocycles. The number of rotatable bonds is 6. The maximum absolute atomic E-state index is 12.4. The minimum Gasteiger partial charge on any atom is -0.495 e. The molecule has 0 saturated heterocycles. The predicted octanol–water partition coefficient (Wildman–Crippen LogP) is 4.20. The van der Waals surface area contributed by atoms with Gasteiger partial charge in [0.1, 0.15) is 28.9 Å². The quantitative estimate of drug-likeness (QED) is 0.483. The van der Waals surface area contributed by atoms with E-state index in [1.807, 2.05) is 6.07 Å². The second-order valence-electron chi connectivity index (χ2n) is 5.91. The Hall–Kier alpha value is -4.31. The lowest BCUT2D eigenvalue weighted by Crippen LogP contribution is -2.14. The summed E-state index contributed by atoms with van der Waals surface area (Å²) in [7, 11) is 1.49. The third-order valence-corrected chi connectivity index (χ3v) is 4.05. The van der Waals surface area contributed by atoms with Gasteiger partial charge >= 0.3 is 5.97 Å². The first-order valence-corrected chi connectivity index (χ1v) is 8.51. The number of nitrogens with zero attached hydrogens (tertiary/aromatic N) is 1. The fourth-order valence-corrected chi connectivity index (χ4v) is 2.59. The van der Waals surface area contributed by atoms with Crippen LogP contribution in [-0.2, 0) is 4.79 Å². The third-order valence-electron chi connectivity index (χ3n) is 4.05. The first kappa shape index (κ1) is 19.5. The Kier molecular flexibility index (Phi) is 5.76. The molecular formula is C22H16N2O5. The lowest BCUT2D eigenvalue weighted by molar-refractivity contribution is -0.112. The smallest absolute Gasteiger partial charge is 0.335 e. The van der Waals surface area contributed by atoms with Crippen LogP contribution in [0.3, 0.4) is 0 Å². The number of carbonyl (C=O) groups is 2. The molecule has 1 heterocycles. The van der Waals surface area contributed by atoms with Crippen molar-refractivity contribution in [1.29, 1.82) is 5.26 Å². The van der Waals surface area contributed by atoms with Crippen molar-refractivity contribution in [3.05, 3.63) is 77.6 Å². The number of benzene rings is 2. The molecule has 1 aromatic heterocycles. The molecule has 144 valence electrons. The number of anilines is 1. The van der Waals surface area contributed by atoms with Crippen LogP contribution >= 0.6 is 0 Å². The molecule has 0 aliphatic heterocycles. The minimum atomic E-state index is -1.01. The van der Waals surface area contributed by atoms with Gasteiger partial charge in [0.15, 0.2) is 0 Å². The van der Waals surface area contributed by atoms with Crippen LogP contribution in [0.1, 0.15) is 16.1 Å². The molecule has 2 aromatic carbocycles. The van der Waals surface area contributed by atoms with Gasteiger partial charge in [-0.15, -0.1) is 0 Å². The van der Waals surface area contributed by atoms with Crippen LogP contribution < -0.4 is 10.1 Å². The lowest BCUT2D eigenvalue weighted by Gasteiger charge is -2.08. The molecule has 29 heavy (non-hydrogen) atoms. The highest BCUT2D eigenvalue weighted by atomic mass is 16.5. The molecule has 0 spiro atoms. The number of carbonyl (C=O) groups excluding carboxylic acids is 1. The molecule has 3 rings (SSSR count). The van der Waals surface area contributed by atoms with Crippen molar-refractivity contribution < 1.29 is 23.8 Å². The van der Waals surface area contributed by atoms with Crippen LogP contribution in [0.25, 0.3) is 17.4 Å². The van der Waals surface area contributed by atoms with Crippen molar-refractivity contribution in [3.8, 4) is 23.1 Å². The Labute approximate surface area is 166 Å². The van der Waals surface area contributed by atoms with Crippen LogP contribution in [0, 0.1) is 11.3 Å². The number of furan rings is 1. The number of nitrogens with one attached hydrogen (secondary N) is 1. The largest absolute Gasteiger partial charge is 0.495 e. The van der Waals surface area contributed by atoms with Crippen molar-refractivity contribution in [2.45, 2.75) is 0 Å². The molecule has 2 N–H and O–H groups in total. The lowest BCUT2D eigenvalue weighted by atomic mass is 10.1. The summed E-state index contributed by atoms with van der Waals surface area (Å²) in [4.78, 5) is 23.4. The molecule has 0 aliphatic rings. The van der Waals surface area contributed by atoms with Crippen LogP contribution in [0.4, 0.5) is 5.69 Å². The molecule has 3 aromatic rings. The Balaban J connectivity index is 1.80. The van der Waals surface area contributed by atoms with Gasteiger partial charge in [0.2, 0.25) is 0 Å². The first-order valence-electron chi connectivity index (χ1n) is 8.51. The molecule has 7 heteroatoms. The third kappa shape index (κ3) is 4.51. The number of hydrogen-bond acceptors (Lipinski definition) is 5. The van der Waals surface area contributed by atoms with E-state index in [0.29, 0.717) is 28.5 Å². The number of methoxy groups -OCH3 is 1. The van der Waals surface area contributed by atoms with E-state index in [-0.39, 0.29) is 11.1 Å². The summed E-state index contributed by atoms with van der Waals surface area (Å²) >= 11 is 0. The molecule has 7 nitrogen and oxygen atoms in total. The Morgan fingerprint density at radius 2 is 1.83 bits per heavy atom. The van der Waals surface area contributed by atoms with E-state index in [1.165, 1.54) is 25.3 Å². The highest BCUT2D eigenvalue weighted by Gasteiger charge is 2.13. The van der Waals surface area contributed by atoms with Gasteiger partial charge < -0.3 is 19.6 Å². The monoisotopic (exact) mass is 388 g/mol. The van der Waals surface area contributed by atoms with Gasteiger partial charge in [0.05, 0.1) is 18.4 Å². The summed E-state index contributed by atoms with van der Waals surface area (Å²) in [6.45, 7) is 0. The van der Waals surface area contributed by atoms with Gasteiger partial charge in [-0.05, 0) is 36.4 Å². The highest BCUT2D eigenvalue weighted by molar-refractivity contribution is 6.10. The Morgan fingerprint density at radius 1 is 1.10 bits per heavy atom. The fraction of sp³-hybridized carbons (Fsp3) is 0.0455. The van der Waals surface area contributed by atoms with E-state index in [4.69, 9.17) is 14.3 Å². The highest BCUT2D eigenvalue weighted by Crippen LogP contribution is 2.25. The molecule has 0 radical (unpaired) electrons. The molecule has 0 saturated carbocycles. The number of nitriles is 1. The molecule has 1 amide bonds. The molecule has 0 bridgehead atoms. The second-order valence-corrected chi connectivity index (χ2v) is 5.91. The van der Waals surface area contributed by atoms with Gasteiger partial charge in [-0.25, -0.2) is 4.79 Å². The van der Waals surface area contributed by atoms with Crippen molar-refractivity contribution in [1.82, 2.24) is 0 Å². The minimum absolute atomic E-state index is 0.141. The van der Waals surface area contributed by atoms with E-state index in [1.54, 1.807) is 48.5 Å². The Morgan fingerprint density at radius 3 is 2.48 bits per heavy atom. The zero-order valence-corrected chi connectivity index (χ0v) is 15.4. The first-order chi connectivity index (χ1) is 14.0. The number of carboxylic acids is 1. The van der Waals surface area contributed by atoms with Gasteiger partial charge in [0, 0.05) is 11.6 Å². The summed E-state index contributed by atoms with van der Waals surface area (Å²) < 4.78 is 10.8.